The predicted molar refractivity (Wildman–Crippen MR) is 128 cm³/mol. The quantitative estimate of drug-likeness (QED) is 0.592. The number of rotatable bonds is 8. The number of benzene rings is 1. The Morgan fingerprint density at radius 1 is 1.21 bits per heavy atom. The van der Waals surface area contributed by atoms with Crippen molar-refractivity contribution in [2.75, 3.05) is 33.8 Å². The van der Waals surface area contributed by atoms with E-state index >= 15 is 0 Å². The minimum absolute atomic E-state index is 0.0638. The fourth-order valence-electron chi connectivity index (χ4n) is 4.68. The largest absolute Gasteiger partial charge is 0.447 e. The average molecular weight is 500 g/mol. The van der Waals surface area contributed by atoms with Crippen LogP contribution in [-0.4, -0.2) is 75.8 Å². The second-order valence-electron chi connectivity index (χ2n) is 9.80. The summed E-state index contributed by atoms with van der Waals surface area (Å²) in [5, 5.41) is 0. The van der Waals surface area contributed by atoms with Crippen LogP contribution < -0.4 is 4.72 Å². The van der Waals surface area contributed by atoms with Crippen molar-refractivity contribution in [1.82, 2.24) is 13.9 Å². The van der Waals surface area contributed by atoms with Gasteiger partial charge in [-0.25, -0.2) is 9.18 Å². The lowest BCUT2D eigenvalue weighted by atomic mass is 9.82. The van der Waals surface area contributed by atoms with Crippen molar-refractivity contribution in [2.24, 2.45) is 5.92 Å². The van der Waals surface area contributed by atoms with Gasteiger partial charge in [-0.05, 0) is 69.6 Å². The highest BCUT2D eigenvalue weighted by Crippen LogP contribution is 2.34. The zero-order chi connectivity index (χ0) is 24.9. The summed E-state index contributed by atoms with van der Waals surface area (Å²) < 4.78 is 54.0. The molecule has 1 saturated heterocycles. The van der Waals surface area contributed by atoms with Gasteiger partial charge in [-0.1, -0.05) is 12.1 Å². The van der Waals surface area contributed by atoms with E-state index < -0.39 is 10.2 Å². The van der Waals surface area contributed by atoms with E-state index in [4.69, 9.17) is 9.47 Å². The van der Waals surface area contributed by atoms with E-state index in [2.05, 4.69) is 4.72 Å². The van der Waals surface area contributed by atoms with Crippen LogP contribution >= 0.6 is 0 Å². The van der Waals surface area contributed by atoms with Gasteiger partial charge in [0.15, 0.2) is 0 Å². The molecule has 1 saturated carbocycles. The first-order valence-electron chi connectivity index (χ1n) is 12.1. The van der Waals surface area contributed by atoms with Crippen molar-refractivity contribution in [3.8, 4) is 0 Å². The van der Waals surface area contributed by atoms with Crippen molar-refractivity contribution in [2.45, 2.75) is 70.1 Å². The van der Waals surface area contributed by atoms with Crippen LogP contribution in [0, 0.1) is 11.7 Å². The number of piperidine rings is 1. The van der Waals surface area contributed by atoms with Crippen LogP contribution in [0.1, 0.15) is 57.4 Å². The third-order valence-corrected chi connectivity index (χ3v) is 8.21. The van der Waals surface area contributed by atoms with Gasteiger partial charge in [-0.2, -0.15) is 17.4 Å². The molecule has 1 aliphatic carbocycles. The van der Waals surface area contributed by atoms with E-state index in [9.17, 15) is 17.6 Å². The van der Waals surface area contributed by atoms with Crippen molar-refractivity contribution in [3.63, 3.8) is 0 Å². The summed E-state index contributed by atoms with van der Waals surface area (Å²) >= 11 is 0. The maximum atomic E-state index is 13.6. The van der Waals surface area contributed by atoms with Gasteiger partial charge in [0.1, 0.15) is 5.82 Å². The molecule has 2 aliphatic rings. The van der Waals surface area contributed by atoms with Gasteiger partial charge in [-0.15, -0.1) is 0 Å². The van der Waals surface area contributed by atoms with Crippen molar-refractivity contribution >= 4 is 16.3 Å². The average Bonchev–Trinajstić information content (AvgIpc) is 2.78. The SMILES string of the molecule is CC(C)OC(=O)N1CC[C@H](NS(=O)(=O)N(C)C)C(COC2CCC(c3cccc(F)c3)CC2)C1. The number of likely N-dealkylation sites (tertiary alicyclic amines) is 1. The van der Waals surface area contributed by atoms with Crippen LogP contribution in [-0.2, 0) is 19.7 Å². The molecule has 1 heterocycles. The molecule has 0 aromatic heterocycles. The van der Waals surface area contributed by atoms with Crippen LogP contribution in [0.4, 0.5) is 9.18 Å². The Kier molecular flexibility index (Phi) is 9.31. The lowest BCUT2D eigenvalue weighted by Crippen LogP contribution is -2.55. The molecule has 1 aromatic rings. The summed E-state index contributed by atoms with van der Waals surface area (Å²) in [6.45, 7) is 4.74. The molecule has 10 heteroatoms. The number of ether oxygens (including phenoxy) is 2. The van der Waals surface area contributed by atoms with Gasteiger partial charge in [0.25, 0.3) is 10.2 Å². The molecule has 1 amide bonds. The number of carbonyl (C=O) groups is 1. The zero-order valence-corrected chi connectivity index (χ0v) is 21.4. The molecule has 2 atom stereocenters. The van der Waals surface area contributed by atoms with E-state index in [1.54, 1.807) is 30.9 Å². The molecule has 1 aliphatic heterocycles. The molecule has 0 bridgehead atoms. The summed E-state index contributed by atoms with van der Waals surface area (Å²) in [6, 6.07) is 6.47. The molecule has 1 N–H and O–H groups in total. The highest BCUT2D eigenvalue weighted by molar-refractivity contribution is 7.87. The highest BCUT2D eigenvalue weighted by atomic mass is 32.2. The van der Waals surface area contributed by atoms with Gasteiger partial charge in [-0.3, -0.25) is 0 Å². The molecule has 2 fully saturated rings. The number of nitrogens with one attached hydrogen (secondary N) is 1. The van der Waals surface area contributed by atoms with Crippen LogP contribution in [0.25, 0.3) is 0 Å². The molecule has 1 aromatic carbocycles. The fraction of sp³-hybridized carbons (Fsp3) is 0.708. The predicted octanol–water partition coefficient (Wildman–Crippen LogP) is 3.50. The third-order valence-electron chi connectivity index (χ3n) is 6.65. The van der Waals surface area contributed by atoms with Crippen molar-refractivity contribution in [3.05, 3.63) is 35.6 Å². The van der Waals surface area contributed by atoms with Gasteiger partial charge in [0.05, 0.1) is 18.8 Å². The molecule has 192 valence electrons. The molecular formula is C24H38FN3O5S. The van der Waals surface area contributed by atoms with Crippen LogP contribution in [0.2, 0.25) is 0 Å². The molecule has 0 spiro atoms. The van der Waals surface area contributed by atoms with E-state index in [-0.39, 0.29) is 36.1 Å². The lowest BCUT2D eigenvalue weighted by molar-refractivity contribution is -0.0184. The van der Waals surface area contributed by atoms with Gasteiger partial charge < -0.3 is 14.4 Å². The third kappa shape index (κ3) is 7.37. The van der Waals surface area contributed by atoms with Crippen molar-refractivity contribution in [1.29, 1.82) is 0 Å². The van der Waals surface area contributed by atoms with Gasteiger partial charge in [0, 0.05) is 39.1 Å². The van der Waals surface area contributed by atoms with Gasteiger partial charge >= 0.3 is 6.09 Å². The Morgan fingerprint density at radius 3 is 2.53 bits per heavy atom. The van der Waals surface area contributed by atoms with Crippen LogP contribution in [0.5, 0.6) is 0 Å². The Balaban J connectivity index is 1.59. The maximum absolute atomic E-state index is 13.6. The molecule has 8 nitrogen and oxygen atoms in total. The molecule has 0 radical (unpaired) electrons. The summed E-state index contributed by atoms with van der Waals surface area (Å²) in [6.07, 6.45) is 3.51. The van der Waals surface area contributed by atoms with E-state index in [0.717, 1.165) is 35.6 Å². The molecule has 1 unspecified atom stereocenters. The van der Waals surface area contributed by atoms with Crippen molar-refractivity contribution < 1.29 is 27.1 Å². The first-order chi connectivity index (χ1) is 16.0. The zero-order valence-electron chi connectivity index (χ0n) is 20.6. The highest BCUT2D eigenvalue weighted by Gasteiger charge is 2.36. The normalized spacial score (nSPS) is 26.1. The molecule has 34 heavy (non-hydrogen) atoms. The summed E-state index contributed by atoms with van der Waals surface area (Å²) in [5.74, 6) is -0.0738. The number of carbonyl (C=O) groups excluding carboxylic acids is 1. The Morgan fingerprint density at radius 2 is 1.91 bits per heavy atom. The number of hydrogen-bond acceptors (Lipinski definition) is 5. The Bertz CT molecular complexity index is 919. The Labute approximate surface area is 203 Å². The minimum Gasteiger partial charge on any atom is -0.447 e. The number of amides is 1. The fourth-order valence-corrected chi connectivity index (χ4v) is 5.58. The number of hydrogen-bond donors (Lipinski definition) is 1. The number of halogens is 1. The maximum Gasteiger partial charge on any atom is 0.410 e. The minimum atomic E-state index is -3.61. The Hall–Kier alpha value is -1.75. The smallest absolute Gasteiger partial charge is 0.410 e. The topological polar surface area (TPSA) is 88.2 Å². The van der Waals surface area contributed by atoms with Gasteiger partial charge in [0.2, 0.25) is 0 Å². The summed E-state index contributed by atoms with van der Waals surface area (Å²) in [4.78, 5) is 14.1. The first-order valence-corrected chi connectivity index (χ1v) is 13.5. The lowest BCUT2D eigenvalue weighted by Gasteiger charge is -2.39. The monoisotopic (exact) mass is 499 g/mol. The summed E-state index contributed by atoms with van der Waals surface area (Å²) in [7, 11) is -0.637. The second kappa shape index (κ2) is 11.8. The molecular weight excluding hydrogens is 461 g/mol. The first kappa shape index (κ1) is 26.8. The molecule has 3 rings (SSSR count). The number of nitrogens with zero attached hydrogens (tertiary/aromatic N) is 2. The van der Waals surface area contributed by atoms with Crippen LogP contribution in [0.15, 0.2) is 24.3 Å². The van der Waals surface area contributed by atoms with E-state index in [0.29, 0.717) is 32.0 Å². The standard InChI is InChI=1S/C24H38FN3O5S/c1-17(2)33-24(29)28-13-12-23(26-34(30,31)27(3)4)20(15-28)16-32-22-10-8-18(9-11-22)19-6-5-7-21(25)14-19/h5-7,14,17-18,20,22-23,26H,8-13,15-16H2,1-4H3/t18?,20?,22?,23-/m0/s1. The second-order valence-corrected chi connectivity index (χ2v) is 11.7. The van der Waals surface area contributed by atoms with Crippen LogP contribution in [0.3, 0.4) is 0 Å². The van der Waals surface area contributed by atoms with E-state index in [1.165, 1.54) is 20.2 Å². The van der Waals surface area contributed by atoms with E-state index in [1.807, 2.05) is 6.07 Å². The summed E-state index contributed by atoms with van der Waals surface area (Å²) in [5.41, 5.74) is 1.03.